The molecule has 0 atom stereocenters. The number of carboxylic acids is 1. The number of rotatable bonds is 3. The van der Waals surface area contributed by atoms with E-state index in [1.165, 1.54) is 0 Å². The second-order valence-electron chi connectivity index (χ2n) is 5.00. The van der Waals surface area contributed by atoms with Crippen LogP contribution in [0.15, 0.2) is 24.3 Å². The Hall–Kier alpha value is -2.41. The second kappa shape index (κ2) is 5.53. The van der Waals surface area contributed by atoms with Crippen molar-refractivity contribution in [2.45, 2.75) is 18.9 Å². The standard InChI is InChI=1S/C14H16N4O3/c15-10-3-1-9(2-4-10)13-12(14(19)20)16-17-18(13)11-5-7-21-8-6-11/h1-4,11H,5-8,15H2,(H,19,20). The van der Waals surface area contributed by atoms with Gasteiger partial charge in [-0.3, -0.25) is 0 Å². The predicted octanol–water partition coefficient (Wildman–Crippen LogP) is 1.58. The van der Waals surface area contributed by atoms with Crippen LogP contribution in [0.1, 0.15) is 29.4 Å². The Morgan fingerprint density at radius 3 is 2.57 bits per heavy atom. The van der Waals surface area contributed by atoms with Crippen LogP contribution >= 0.6 is 0 Å². The van der Waals surface area contributed by atoms with E-state index in [1.54, 1.807) is 28.9 Å². The molecule has 1 aliphatic heterocycles. The van der Waals surface area contributed by atoms with Gasteiger partial charge in [0.25, 0.3) is 0 Å². The third-order valence-electron chi connectivity index (χ3n) is 3.62. The van der Waals surface area contributed by atoms with Gasteiger partial charge in [-0.05, 0) is 25.0 Å². The number of nitrogen functional groups attached to an aromatic ring is 1. The maximum atomic E-state index is 11.4. The average molecular weight is 288 g/mol. The zero-order valence-electron chi connectivity index (χ0n) is 11.4. The van der Waals surface area contributed by atoms with Gasteiger partial charge in [-0.15, -0.1) is 5.10 Å². The van der Waals surface area contributed by atoms with Crippen molar-refractivity contribution in [1.82, 2.24) is 15.0 Å². The number of ether oxygens (including phenoxy) is 1. The van der Waals surface area contributed by atoms with Crippen LogP contribution in [0.4, 0.5) is 5.69 Å². The third-order valence-corrected chi connectivity index (χ3v) is 3.62. The summed E-state index contributed by atoms with van der Waals surface area (Å²) in [6, 6.07) is 7.16. The van der Waals surface area contributed by atoms with Crippen LogP contribution < -0.4 is 5.73 Å². The first-order valence-corrected chi connectivity index (χ1v) is 6.79. The summed E-state index contributed by atoms with van der Waals surface area (Å²) in [4.78, 5) is 11.4. The zero-order valence-corrected chi connectivity index (χ0v) is 11.4. The fourth-order valence-electron chi connectivity index (χ4n) is 2.53. The fraction of sp³-hybridized carbons (Fsp3) is 0.357. The van der Waals surface area contributed by atoms with E-state index in [4.69, 9.17) is 10.5 Å². The van der Waals surface area contributed by atoms with Gasteiger partial charge in [0.1, 0.15) is 5.69 Å². The van der Waals surface area contributed by atoms with Crippen LogP contribution in [0.5, 0.6) is 0 Å². The smallest absolute Gasteiger partial charge is 0.358 e. The lowest BCUT2D eigenvalue weighted by Gasteiger charge is -2.23. The van der Waals surface area contributed by atoms with Crippen molar-refractivity contribution in [3.8, 4) is 11.3 Å². The number of aromatic carboxylic acids is 1. The Balaban J connectivity index is 2.08. The number of nitrogens with zero attached hydrogens (tertiary/aromatic N) is 3. The number of hydrogen-bond acceptors (Lipinski definition) is 5. The second-order valence-corrected chi connectivity index (χ2v) is 5.00. The number of anilines is 1. The zero-order chi connectivity index (χ0) is 14.8. The molecule has 7 heteroatoms. The first-order valence-electron chi connectivity index (χ1n) is 6.79. The quantitative estimate of drug-likeness (QED) is 0.831. The maximum absolute atomic E-state index is 11.4. The van der Waals surface area contributed by atoms with Gasteiger partial charge in [0.05, 0.1) is 6.04 Å². The molecule has 2 heterocycles. The lowest BCUT2D eigenvalue weighted by atomic mass is 10.1. The van der Waals surface area contributed by atoms with Crippen molar-refractivity contribution in [2.75, 3.05) is 18.9 Å². The maximum Gasteiger partial charge on any atom is 0.358 e. The molecule has 21 heavy (non-hydrogen) atoms. The van der Waals surface area contributed by atoms with E-state index in [9.17, 15) is 9.90 Å². The van der Waals surface area contributed by atoms with Crippen LogP contribution in [0.3, 0.4) is 0 Å². The lowest BCUT2D eigenvalue weighted by molar-refractivity contribution is 0.0662. The summed E-state index contributed by atoms with van der Waals surface area (Å²) in [5, 5.41) is 17.2. The Bertz CT molecular complexity index is 645. The van der Waals surface area contributed by atoms with Crippen molar-refractivity contribution in [3.63, 3.8) is 0 Å². The van der Waals surface area contributed by atoms with Gasteiger partial charge in [-0.25, -0.2) is 9.48 Å². The molecule has 1 aromatic heterocycles. The van der Waals surface area contributed by atoms with Crippen LogP contribution in [0.25, 0.3) is 11.3 Å². The molecule has 0 spiro atoms. The van der Waals surface area contributed by atoms with E-state index >= 15 is 0 Å². The molecule has 1 aliphatic rings. The Labute approximate surface area is 121 Å². The molecule has 7 nitrogen and oxygen atoms in total. The SMILES string of the molecule is Nc1ccc(-c2c(C(=O)O)nnn2C2CCOCC2)cc1. The molecule has 0 aliphatic carbocycles. The van der Waals surface area contributed by atoms with Gasteiger partial charge in [-0.2, -0.15) is 0 Å². The minimum Gasteiger partial charge on any atom is -0.476 e. The number of nitrogens with two attached hydrogens (primary N) is 1. The van der Waals surface area contributed by atoms with Crippen molar-refractivity contribution < 1.29 is 14.6 Å². The topological polar surface area (TPSA) is 103 Å². The molecular formula is C14H16N4O3. The molecule has 0 radical (unpaired) electrons. The van der Waals surface area contributed by atoms with Crippen molar-refractivity contribution in [1.29, 1.82) is 0 Å². The van der Waals surface area contributed by atoms with Crippen molar-refractivity contribution in [2.24, 2.45) is 0 Å². The molecule has 3 rings (SSSR count). The molecule has 3 N–H and O–H groups in total. The molecule has 2 aromatic rings. The molecular weight excluding hydrogens is 272 g/mol. The summed E-state index contributed by atoms with van der Waals surface area (Å²) in [5.74, 6) is -1.08. The number of aromatic nitrogens is 3. The van der Waals surface area contributed by atoms with Gasteiger partial charge < -0.3 is 15.6 Å². The highest BCUT2D eigenvalue weighted by Crippen LogP contribution is 2.29. The highest BCUT2D eigenvalue weighted by molar-refractivity contribution is 5.92. The minimum absolute atomic E-state index is 0.0359. The summed E-state index contributed by atoms with van der Waals surface area (Å²) in [6.07, 6.45) is 1.59. The molecule has 1 aromatic carbocycles. The van der Waals surface area contributed by atoms with E-state index in [0.717, 1.165) is 18.4 Å². The summed E-state index contributed by atoms with van der Waals surface area (Å²) >= 11 is 0. The minimum atomic E-state index is -1.08. The largest absolute Gasteiger partial charge is 0.476 e. The van der Waals surface area contributed by atoms with Crippen LogP contribution in [0.2, 0.25) is 0 Å². The van der Waals surface area contributed by atoms with E-state index in [1.807, 2.05) is 0 Å². The first kappa shape index (κ1) is 13.6. The molecule has 1 fully saturated rings. The van der Waals surface area contributed by atoms with Crippen LogP contribution in [0, 0.1) is 0 Å². The summed E-state index contributed by atoms with van der Waals surface area (Å²) in [5.41, 5.74) is 7.55. The number of hydrogen-bond donors (Lipinski definition) is 2. The van der Waals surface area contributed by atoms with Gasteiger partial charge in [0.15, 0.2) is 5.69 Å². The van der Waals surface area contributed by atoms with Gasteiger partial charge in [0, 0.05) is 24.5 Å². The van der Waals surface area contributed by atoms with E-state index in [2.05, 4.69) is 10.3 Å². The van der Waals surface area contributed by atoms with E-state index in [-0.39, 0.29) is 11.7 Å². The van der Waals surface area contributed by atoms with Gasteiger partial charge in [0.2, 0.25) is 0 Å². The Kier molecular flexibility index (Phi) is 3.57. The third kappa shape index (κ3) is 2.59. The van der Waals surface area contributed by atoms with Crippen molar-refractivity contribution >= 4 is 11.7 Å². The number of benzene rings is 1. The number of carboxylic acid groups (broad SMARTS) is 1. The molecule has 1 saturated heterocycles. The first-order chi connectivity index (χ1) is 10.2. The van der Waals surface area contributed by atoms with Gasteiger partial charge >= 0.3 is 5.97 Å². The summed E-state index contributed by atoms with van der Waals surface area (Å²) in [7, 11) is 0. The summed E-state index contributed by atoms with van der Waals surface area (Å²) in [6.45, 7) is 1.29. The highest BCUT2D eigenvalue weighted by Gasteiger charge is 2.26. The normalized spacial score (nSPS) is 16.0. The van der Waals surface area contributed by atoms with Crippen molar-refractivity contribution in [3.05, 3.63) is 30.0 Å². The molecule has 0 bridgehead atoms. The Morgan fingerprint density at radius 2 is 1.95 bits per heavy atom. The average Bonchev–Trinajstić information content (AvgIpc) is 2.94. The predicted molar refractivity (Wildman–Crippen MR) is 75.9 cm³/mol. The molecule has 0 unspecified atom stereocenters. The monoisotopic (exact) mass is 288 g/mol. The molecule has 0 amide bonds. The fourth-order valence-corrected chi connectivity index (χ4v) is 2.53. The molecule has 110 valence electrons. The van der Waals surface area contributed by atoms with E-state index in [0.29, 0.717) is 24.6 Å². The molecule has 0 saturated carbocycles. The lowest BCUT2D eigenvalue weighted by Crippen LogP contribution is -2.21. The van der Waals surface area contributed by atoms with Crippen LogP contribution in [-0.2, 0) is 4.74 Å². The number of carbonyl (C=O) groups is 1. The highest BCUT2D eigenvalue weighted by atomic mass is 16.5. The van der Waals surface area contributed by atoms with Crippen LogP contribution in [-0.4, -0.2) is 39.3 Å². The Morgan fingerprint density at radius 1 is 1.29 bits per heavy atom. The van der Waals surface area contributed by atoms with Gasteiger partial charge in [-0.1, -0.05) is 17.3 Å². The van der Waals surface area contributed by atoms with E-state index < -0.39 is 5.97 Å². The summed E-state index contributed by atoms with van der Waals surface area (Å²) < 4.78 is 7.05.